The van der Waals surface area contributed by atoms with E-state index >= 15 is 0 Å². The quantitative estimate of drug-likeness (QED) is 0.837. The average Bonchev–Trinajstić information content (AvgIpc) is 2.53. The zero-order chi connectivity index (χ0) is 14.4. The summed E-state index contributed by atoms with van der Waals surface area (Å²) in [6.07, 6.45) is 5.41. The molecule has 5 heteroatoms. The molecule has 2 rings (SSSR count). The number of carbonyl (C=O) groups excluding carboxylic acids is 1. The van der Waals surface area contributed by atoms with Crippen LogP contribution in [0.4, 0.5) is 0 Å². The summed E-state index contributed by atoms with van der Waals surface area (Å²) >= 11 is 2.06. The Balaban J connectivity index is 1.85. The van der Waals surface area contributed by atoms with Crippen LogP contribution in [0.1, 0.15) is 39.0 Å². The first kappa shape index (κ1) is 16.1. The summed E-state index contributed by atoms with van der Waals surface area (Å²) in [5.41, 5.74) is 5.95. The van der Waals surface area contributed by atoms with E-state index in [1.807, 2.05) is 4.90 Å². The molecule has 116 valence electrons. The molecule has 0 saturated carbocycles. The first-order chi connectivity index (χ1) is 9.74. The van der Waals surface area contributed by atoms with E-state index in [9.17, 15) is 4.79 Å². The van der Waals surface area contributed by atoms with E-state index in [-0.39, 0.29) is 6.04 Å². The molecule has 0 aliphatic carbocycles. The topological polar surface area (TPSA) is 49.6 Å². The zero-order valence-corrected chi connectivity index (χ0v) is 13.5. The number of nitrogens with two attached hydrogens (primary N) is 1. The van der Waals surface area contributed by atoms with Crippen LogP contribution in [0.5, 0.6) is 0 Å². The van der Waals surface area contributed by atoms with Gasteiger partial charge in [0.2, 0.25) is 5.91 Å². The fourth-order valence-electron chi connectivity index (χ4n) is 3.16. The number of likely N-dealkylation sites (tertiary alicyclic amines) is 1. The molecule has 2 fully saturated rings. The monoisotopic (exact) mass is 299 g/mol. The maximum Gasteiger partial charge on any atom is 0.224 e. The smallest absolute Gasteiger partial charge is 0.224 e. The predicted octanol–water partition coefficient (Wildman–Crippen LogP) is 1.54. The zero-order valence-electron chi connectivity index (χ0n) is 12.7. The SMILES string of the molecule is CCC1CN(C(CN)CC(=O)N2CCCCC2)CCS1. The highest BCUT2D eigenvalue weighted by molar-refractivity contribution is 8.00. The lowest BCUT2D eigenvalue weighted by molar-refractivity contribution is -0.133. The molecule has 0 spiro atoms. The Bertz CT molecular complexity index is 307. The standard InChI is InChI=1S/C15H29N3OS/c1-2-14-12-18(8-9-20-14)13(11-16)10-15(19)17-6-4-3-5-7-17/h13-14H,2-12,16H2,1H3. The van der Waals surface area contributed by atoms with Gasteiger partial charge in [-0.15, -0.1) is 0 Å². The molecular weight excluding hydrogens is 270 g/mol. The third-order valence-corrected chi connectivity index (χ3v) is 5.91. The molecule has 0 bridgehead atoms. The molecule has 2 unspecified atom stereocenters. The first-order valence-corrected chi connectivity index (χ1v) is 9.13. The fraction of sp³-hybridized carbons (Fsp3) is 0.933. The molecule has 0 aromatic heterocycles. The van der Waals surface area contributed by atoms with Crippen molar-refractivity contribution in [2.45, 2.75) is 50.3 Å². The molecule has 2 heterocycles. The number of amides is 1. The largest absolute Gasteiger partial charge is 0.343 e. The molecule has 0 radical (unpaired) electrons. The van der Waals surface area contributed by atoms with Gasteiger partial charge in [-0.1, -0.05) is 6.92 Å². The van der Waals surface area contributed by atoms with Crippen molar-refractivity contribution >= 4 is 17.7 Å². The van der Waals surface area contributed by atoms with Crippen molar-refractivity contribution in [3.63, 3.8) is 0 Å². The van der Waals surface area contributed by atoms with Gasteiger partial charge in [-0.2, -0.15) is 11.8 Å². The first-order valence-electron chi connectivity index (χ1n) is 8.08. The van der Waals surface area contributed by atoms with Gasteiger partial charge in [0.25, 0.3) is 0 Å². The van der Waals surface area contributed by atoms with Crippen molar-refractivity contribution in [2.24, 2.45) is 5.73 Å². The Kier molecular flexibility index (Phi) is 6.65. The van der Waals surface area contributed by atoms with Crippen LogP contribution >= 0.6 is 11.8 Å². The van der Waals surface area contributed by atoms with Crippen molar-refractivity contribution in [1.29, 1.82) is 0 Å². The second-order valence-corrected chi connectivity index (χ2v) is 7.34. The van der Waals surface area contributed by atoms with Gasteiger partial charge in [-0.3, -0.25) is 9.69 Å². The number of carbonyl (C=O) groups is 1. The second kappa shape index (κ2) is 8.25. The van der Waals surface area contributed by atoms with Crippen LogP contribution in [-0.2, 0) is 4.79 Å². The fourth-order valence-corrected chi connectivity index (χ4v) is 4.36. The summed E-state index contributed by atoms with van der Waals surface area (Å²) in [4.78, 5) is 16.9. The maximum atomic E-state index is 12.4. The van der Waals surface area contributed by atoms with Crippen LogP contribution in [0.3, 0.4) is 0 Å². The van der Waals surface area contributed by atoms with Crippen LogP contribution < -0.4 is 5.73 Å². The molecule has 4 nitrogen and oxygen atoms in total. The van der Waals surface area contributed by atoms with Gasteiger partial charge in [-0.25, -0.2) is 0 Å². The summed E-state index contributed by atoms with van der Waals surface area (Å²) in [6.45, 7) is 6.91. The van der Waals surface area contributed by atoms with E-state index < -0.39 is 0 Å². The second-order valence-electron chi connectivity index (χ2n) is 5.93. The minimum Gasteiger partial charge on any atom is -0.343 e. The summed E-state index contributed by atoms with van der Waals surface area (Å²) in [7, 11) is 0. The Morgan fingerprint density at radius 3 is 2.70 bits per heavy atom. The van der Waals surface area contributed by atoms with E-state index in [0.29, 0.717) is 24.1 Å². The minimum absolute atomic E-state index is 0.236. The molecule has 2 N–H and O–H groups in total. The minimum atomic E-state index is 0.236. The molecule has 2 saturated heterocycles. The van der Waals surface area contributed by atoms with Crippen molar-refractivity contribution in [1.82, 2.24) is 9.80 Å². The molecular formula is C15H29N3OS. The molecule has 2 aliphatic rings. The van der Waals surface area contributed by atoms with Gasteiger partial charge >= 0.3 is 0 Å². The Hall–Kier alpha value is -0.260. The third-order valence-electron chi connectivity index (χ3n) is 4.53. The summed E-state index contributed by atoms with van der Waals surface area (Å²) in [5, 5.41) is 0.711. The van der Waals surface area contributed by atoms with Gasteiger partial charge in [0.05, 0.1) is 0 Å². The van der Waals surface area contributed by atoms with Gasteiger partial charge in [-0.05, 0) is 25.7 Å². The van der Waals surface area contributed by atoms with Crippen molar-refractivity contribution in [2.75, 3.05) is 38.5 Å². The molecule has 2 aliphatic heterocycles. The van der Waals surface area contributed by atoms with Gasteiger partial charge in [0.15, 0.2) is 0 Å². The number of thioether (sulfide) groups is 1. The van der Waals surface area contributed by atoms with Crippen LogP contribution in [0.2, 0.25) is 0 Å². The van der Waals surface area contributed by atoms with E-state index in [2.05, 4.69) is 23.6 Å². The maximum absolute atomic E-state index is 12.4. The molecule has 0 aromatic rings. The Labute approximate surface area is 127 Å². The van der Waals surface area contributed by atoms with Crippen LogP contribution in [0.25, 0.3) is 0 Å². The van der Waals surface area contributed by atoms with Crippen LogP contribution in [-0.4, -0.2) is 65.5 Å². The number of hydrogen-bond acceptors (Lipinski definition) is 4. The predicted molar refractivity (Wildman–Crippen MR) is 86.0 cm³/mol. The average molecular weight is 299 g/mol. The highest BCUT2D eigenvalue weighted by Gasteiger charge is 2.28. The molecule has 0 aromatic carbocycles. The van der Waals surface area contributed by atoms with E-state index in [4.69, 9.17) is 5.73 Å². The van der Waals surface area contributed by atoms with Crippen molar-refractivity contribution < 1.29 is 4.79 Å². The van der Waals surface area contributed by atoms with E-state index in [1.54, 1.807) is 0 Å². The van der Waals surface area contributed by atoms with Crippen molar-refractivity contribution in [3.05, 3.63) is 0 Å². The lowest BCUT2D eigenvalue weighted by Crippen LogP contribution is -2.50. The summed E-state index contributed by atoms with van der Waals surface area (Å²) < 4.78 is 0. The van der Waals surface area contributed by atoms with Crippen molar-refractivity contribution in [3.8, 4) is 0 Å². The summed E-state index contributed by atoms with van der Waals surface area (Å²) in [6, 6.07) is 0.236. The number of piperidine rings is 1. The van der Waals surface area contributed by atoms with Gasteiger partial charge < -0.3 is 10.6 Å². The molecule has 1 amide bonds. The van der Waals surface area contributed by atoms with Crippen LogP contribution in [0.15, 0.2) is 0 Å². The normalized spacial score (nSPS) is 26.5. The number of nitrogens with zero attached hydrogens (tertiary/aromatic N) is 2. The highest BCUT2D eigenvalue weighted by atomic mass is 32.2. The number of hydrogen-bond donors (Lipinski definition) is 1. The Morgan fingerprint density at radius 2 is 2.05 bits per heavy atom. The highest BCUT2D eigenvalue weighted by Crippen LogP contribution is 2.23. The van der Waals surface area contributed by atoms with Crippen LogP contribution in [0, 0.1) is 0 Å². The van der Waals surface area contributed by atoms with Gasteiger partial charge in [0, 0.05) is 56.2 Å². The Morgan fingerprint density at radius 1 is 1.30 bits per heavy atom. The van der Waals surface area contributed by atoms with E-state index in [1.165, 1.54) is 18.6 Å². The van der Waals surface area contributed by atoms with E-state index in [0.717, 1.165) is 39.0 Å². The molecule has 2 atom stereocenters. The van der Waals surface area contributed by atoms with Gasteiger partial charge in [0.1, 0.15) is 0 Å². The summed E-state index contributed by atoms with van der Waals surface area (Å²) in [5.74, 6) is 1.49. The number of rotatable bonds is 5. The molecule has 20 heavy (non-hydrogen) atoms. The third kappa shape index (κ3) is 4.37. The lowest BCUT2D eigenvalue weighted by Gasteiger charge is -2.38. The lowest BCUT2D eigenvalue weighted by atomic mass is 10.1.